The van der Waals surface area contributed by atoms with Gasteiger partial charge in [-0.2, -0.15) is 8.78 Å². The van der Waals surface area contributed by atoms with Crippen molar-refractivity contribution in [2.24, 2.45) is 0 Å². The van der Waals surface area contributed by atoms with Crippen LogP contribution in [0.3, 0.4) is 0 Å². The molecule has 0 rings (SSSR count). The van der Waals surface area contributed by atoms with E-state index in [1.165, 1.54) is 0 Å². The van der Waals surface area contributed by atoms with Gasteiger partial charge in [-0.1, -0.05) is 0 Å². The minimum absolute atomic E-state index is 0.944. The van der Waals surface area contributed by atoms with E-state index in [4.69, 9.17) is 6.42 Å². The second-order valence-corrected chi connectivity index (χ2v) is 0.445. The van der Waals surface area contributed by atoms with Crippen LogP contribution in [0, 0.1) is 12.3 Å². The van der Waals surface area contributed by atoms with Crippen LogP contribution in [0.2, 0.25) is 0 Å². The Bertz CT molecular complexity index is 50.4. The first-order valence-electron chi connectivity index (χ1n) is 0.975. The number of hydrogen-bond acceptors (Lipinski definition) is 0. The SMILES string of the molecule is [C-]#CC(F)F. The van der Waals surface area contributed by atoms with Crippen molar-refractivity contribution in [1.29, 1.82) is 0 Å². The number of rotatable bonds is 0. The maximum Gasteiger partial charge on any atom is 0.261 e. The van der Waals surface area contributed by atoms with Crippen LogP contribution in [0.4, 0.5) is 8.78 Å². The average molecular weight is 75.0 g/mol. The third-order valence-electron chi connectivity index (χ3n) is 0.109. The Morgan fingerprint density at radius 3 is 1.80 bits per heavy atom. The topological polar surface area (TPSA) is 0 Å². The molecule has 0 unspecified atom stereocenters. The lowest BCUT2D eigenvalue weighted by molar-refractivity contribution is 0.215. The fraction of sp³-hybridized carbons (Fsp3) is 0.333. The van der Waals surface area contributed by atoms with Crippen LogP contribution in [0.15, 0.2) is 0 Å². The summed E-state index contributed by atoms with van der Waals surface area (Å²) in [6.45, 7) is 0. The maximum absolute atomic E-state index is 10.5. The minimum Gasteiger partial charge on any atom is -0.688 e. The highest BCUT2D eigenvalue weighted by atomic mass is 19.3. The van der Waals surface area contributed by atoms with Crippen molar-refractivity contribution in [2.75, 3.05) is 0 Å². The first-order valence-corrected chi connectivity index (χ1v) is 0.975. The first-order chi connectivity index (χ1) is 2.27. The maximum atomic E-state index is 10.5. The molecule has 0 radical (unpaired) electrons. The molecule has 0 fully saturated rings. The molecule has 0 aromatic heterocycles. The summed E-state index contributed by atoms with van der Waals surface area (Å²) in [5.41, 5.74) is 0. The predicted molar refractivity (Wildman–Crippen MR) is 13.1 cm³/mol. The summed E-state index contributed by atoms with van der Waals surface area (Å²) in [6.07, 6.45) is 2.96. The van der Waals surface area contributed by atoms with E-state index in [2.05, 4.69) is 0 Å². The van der Waals surface area contributed by atoms with Gasteiger partial charge in [0.15, 0.2) is 0 Å². The Hall–Kier alpha value is -0.580. The molecule has 0 aliphatic carbocycles. The van der Waals surface area contributed by atoms with E-state index < -0.39 is 6.43 Å². The Morgan fingerprint density at radius 1 is 1.60 bits per heavy atom. The molecule has 2 heteroatoms. The van der Waals surface area contributed by atoms with Crippen LogP contribution in [0.25, 0.3) is 0 Å². The quantitative estimate of drug-likeness (QED) is 0.295. The van der Waals surface area contributed by atoms with Gasteiger partial charge in [0.05, 0.1) is 0 Å². The van der Waals surface area contributed by atoms with E-state index in [9.17, 15) is 8.78 Å². The fourth-order valence-corrected chi connectivity index (χ4v) is 0. The summed E-state index contributed by atoms with van der Waals surface area (Å²) in [5, 5.41) is 0. The number of hydrogen-bond donors (Lipinski definition) is 0. The van der Waals surface area contributed by atoms with Crippen molar-refractivity contribution in [2.45, 2.75) is 6.43 Å². The van der Waals surface area contributed by atoms with Gasteiger partial charge in [0.2, 0.25) is 0 Å². The highest BCUT2D eigenvalue weighted by Crippen LogP contribution is 1.83. The van der Waals surface area contributed by atoms with E-state index in [1.807, 2.05) is 0 Å². The van der Waals surface area contributed by atoms with Crippen molar-refractivity contribution < 1.29 is 8.78 Å². The van der Waals surface area contributed by atoms with Crippen molar-refractivity contribution in [3.63, 3.8) is 0 Å². The molecule has 0 aromatic rings. The molecule has 0 saturated carbocycles. The van der Waals surface area contributed by atoms with Gasteiger partial charge in [0.1, 0.15) is 0 Å². The van der Waals surface area contributed by atoms with Crippen LogP contribution in [0.5, 0.6) is 0 Å². The smallest absolute Gasteiger partial charge is 0.261 e. The van der Waals surface area contributed by atoms with Crippen LogP contribution in [-0.4, -0.2) is 6.43 Å². The Kier molecular flexibility index (Phi) is 1.51. The second kappa shape index (κ2) is 1.71. The summed E-state index contributed by atoms with van der Waals surface area (Å²) in [4.78, 5) is 0. The highest BCUT2D eigenvalue weighted by molar-refractivity contribution is 4.77. The van der Waals surface area contributed by atoms with E-state index in [0.717, 1.165) is 5.92 Å². The van der Waals surface area contributed by atoms with Crippen molar-refractivity contribution in [1.82, 2.24) is 0 Å². The molecule has 0 atom stereocenters. The molecule has 0 saturated heterocycles. The van der Waals surface area contributed by atoms with Gasteiger partial charge in [-0.25, -0.2) is 0 Å². The minimum atomic E-state index is -2.70. The van der Waals surface area contributed by atoms with Crippen molar-refractivity contribution in [3.05, 3.63) is 6.42 Å². The van der Waals surface area contributed by atoms with Crippen molar-refractivity contribution in [3.8, 4) is 5.92 Å². The molecule has 0 aromatic carbocycles. The third-order valence-corrected chi connectivity index (χ3v) is 0.109. The van der Waals surface area contributed by atoms with Gasteiger partial charge in [-0.05, 0) is 0 Å². The molecule has 0 N–H and O–H groups in total. The molecule has 0 spiro atoms. The Labute approximate surface area is 28.8 Å². The van der Waals surface area contributed by atoms with Gasteiger partial charge in [0, 0.05) is 0 Å². The van der Waals surface area contributed by atoms with Gasteiger partial charge in [-0.3, -0.25) is 5.92 Å². The molecule has 28 valence electrons. The molecular formula is C3HF2-. The van der Waals surface area contributed by atoms with Gasteiger partial charge >= 0.3 is 0 Å². The summed E-state index contributed by atoms with van der Waals surface area (Å²) in [7, 11) is 0. The predicted octanol–water partition coefficient (Wildman–Crippen LogP) is 0.841. The monoisotopic (exact) mass is 75.0 g/mol. The zero-order chi connectivity index (χ0) is 4.28. The molecule has 0 bridgehead atoms. The highest BCUT2D eigenvalue weighted by Gasteiger charge is 1.79. The lowest BCUT2D eigenvalue weighted by Crippen LogP contribution is -1.76. The zero-order valence-corrected chi connectivity index (χ0v) is 2.33. The summed E-state index contributed by atoms with van der Waals surface area (Å²) in [6, 6.07) is 0. The fourth-order valence-electron chi connectivity index (χ4n) is 0. The lowest BCUT2D eigenvalue weighted by atomic mass is 10.8. The normalized spacial score (nSPS) is 7.60. The molecule has 0 heterocycles. The van der Waals surface area contributed by atoms with Crippen LogP contribution in [-0.2, 0) is 0 Å². The molecule has 0 nitrogen and oxygen atoms in total. The van der Waals surface area contributed by atoms with E-state index in [-0.39, 0.29) is 0 Å². The van der Waals surface area contributed by atoms with Crippen molar-refractivity contribution >= 4 is 0 Å². The molecule has 0 aliphatic rings. The molecule has 0 aliphatic heterocycles. The third kappa shape index (κ3) is 3.42. The average Bonchev–Trinajstić information content (AvgIpc) is 1.38. The summed E-state index contributed by atoms with van der Waals surface area (Å²) in [5.74, 6) is 0.944. The number of halogens is 2. The van der Waals surface area contributed by atoms with Crippen LogP contribution >= 0.6 is 0 Å². The largest absolute Gasteiger partial charge is 0.688 e. The molecular weight excluding hydrogens is 74.0 g/mol. The zero-order valence-electron chi connectivity index (χ0n) is 2.33. The molecule has 0 amide bonds. The van der Waals surface area contributed by atoms with E-state index >= 15 is 0 Å². The Balaban J connectivity index is 2.94. The van der Waals surface area contributed by atoms with Gasteiger partial charge in [0.25, 0.3) is 6.43 Å². The Morgan fingerprint density at radius 2 is 1.80 bits per heavy atom. The van der Waals surface area contributed by atoms with Gasteiger partial charge < -0.3 is 6.42 Å². The first kappa shape index (κ1) is 4.42. The standard InChI is InChI=1S/C3HF2/c1-2-3(4)5/h3H/q-1. The lowest BCUT2D eigenvalue weighted by Gasteiger charge is -1.80. The van der Waals surface area contributed by atoms with Crippen LogP contribution < -0.4 is 0 Å². The van der Waals surface area contributed by atoms with Crippen LogP contribution in [0.1, 0.15) is 0 Å². The van der Waals surface area contributed by atoms with Gasteiger partial charge in [-0.15, -0.1) is 0 Å². The van der Waals surface area contributed by atoms with E-state index in [0.29, 0.717) is 0 Å². The number of alkyl halides is 2. The van der Waals surface area contributed by atoms with E-state index in [1.54, 1.807) is 0 Å². The molecule has 5 heavy (non-hydrogen) atoms. The summed E-state index contributed by atoms with van der Waals surface area (Å²) >= 11 is 0. The second-order valence-electron chi connectivity index (χ2n) is 0.445. The summed E-state index contributed by atoms with van der Waals surface area (Å²) < 4.78 is 20.9.